The SMILES string of the molecule is COC(=O)C(C)NC(=O)COc1cc(F)cc(F)c1. The van der Waals surface area contributed by atoms with Gasteiger partial charge in [0.2, 0.25) is 0 Å². The molecule has 0 bridgehead atoms. The first kappa shape index (κ1) is 14.9. The van der Waals surface area contributed by atoms with Gasteiger partial charge in [0.1, 0.15) is 23.4 Å². The molecule has 0 saturated carbocycles. The van der Waals surface area contributed by atoms with Crippen molar-refractivity contribution in [1.29, 1.82) is 0 Å². The predicted octanol–water partition coefficient (Wildman–Crippen LogP) is 1.02. The molecular formula is C12H13F2NO4. The number of esters is 1. The lowest BCUT2D eigenvalue weighted by Gasteiger charge is -2.12. The molecule has 0 radical (unpaired) electrons. The molecule has 1 rings (SSSR count). The minimum Gasteiger partial charge on any atom is -0.484 e. The molecule has 0 saturated heterocycles. The van der Waals surface area contributed by atoms with Crippen LogP contribution in [0.2, 0.25) is 0 Å². The fraction of sp³-hybridized carbons (Fsp3) is 0.333. The Morgan fingerprint density at radius 3 is 2.37 bits per heavy atom. The van der Waals surface area contributed by atoms with E-state index in [-0.39, 0.29) is 5.75 Å². The van der Waals surface area contributed by atoms with Gasteiger partial charge in [-0.25, -0.2) is 13.6 Å². The Morgan fingerprint density at radius 2 is 1.84 bits per heavy atom. The Bertz CT molecular complexity index is 459. The van der Waals surface area contributed by atoms with Crippen LogP contribution in [-0.2, 0) is 14.3 Å². The maximum atomic E-state index is 12.8. The van der Waals surface area contributed by atoms with Crippen molar-refractivity contribution < 1.29 is 27.8 Å². The van der Waals surface area contributed by atoms with Crippen molar-refractivity contribution in [2.75, 3.05) is 13.7 Å². The lowest BCUT2D eigenvalue weighted by atomic mass is 10.3. The van der Waals surface area contributed by atoms with E-state index in [0.29, 0.717) is 6.07 Å². The highest BCUT2D eigenvalue weighted by Gasteiger charge is 2.16. The molecule has 0 aliphatic carbocycles. The number of carbonyl (C=O) groups excluding carboxylic acids is 2. The van der Waals surface area contributed by atoms with Crippen molar-refractivity contribution in [1.82, 2.24) is 5.32 Å². The highest BCUT2D eigenvalue weighted by atomic mass is 19.1. The smallest absolute Gasteiger partial charge is 0.328 e. The van der Waals surface area contributed by atoms with Crippen LogP contribution in [0.4, 0.5) is 8.78 Å². The third-order valence-corrected chi connectivity index (χ3v) is 2.14. The van der Waals surface area contributed by atoms with Gasteiger partial charge in [0.05, 0.1) is 7.11 Å². The van der Waals surface area contributed by atoms with E-state index >= 15 is 0 Å². The van der Waals surface area contributed by atoms with E-state index < -0.39 is 36.2 Å². The lowest BCUT2D eigenvalue weighted by molar-refractivity contribution is -0.144. The summed E-state index contributed by atoms with van der Waals surface area (Å²) in [6.45, 7) is 0.968. The molecule has 5 nitrogen and oxygen atoms in total. The molecule has 1 amide bonds. The van der Waals surface area contributed by atoms with Crippen LogP contribution < -0.4 is 10.1 Å². The number of ether oxygens (including phenoxy) is 2. The number of methoxy groups -OCH3 is 1. The predicted molar refractivity (Wildman–Crippen MR) is 61.5 cm³/mol. The van der Waals surface area contributed by atoms with Crippen molar-refractivity contribution in [2.24, 2.45) is 0 Å². The molecular weight excluding hydrogens is 260 g/mol. The van der Waals surface area contributed by atoms with Crippen molar-refractivity contribution in [3.05, 3.63) is 29.8 Å². The van der Waals surface area contributed by atoms with Crippen LogP contribution in [0.25, 0.3) is 0 Å². The molecule has 1 aromatic carbocycles. The summed E-state index contributed by atoms with van der Waals surface area (Å²) in [7, 11) is 1.19. The Balaban J connectivity index is 2.48. The molecule has 1 atom stereocenters. The van der Waals surface area contributed by atoms with Gasteiger partial charge in [-0.3, -0.25) is 4.79 Å². The normalized spacial score (nSPS) is 11.6. The molecule has 19 heavy (non-hydrogen) atoms. The average Bonchev–Trinajstić information content (AvgIpc) is 2.34. The first-order chi connectivity index (χ1) is 8.92. The molecule has 0 spiro atoms. The third kappa shape index (κ3) is 4.90. The number of benzene rings is 1. The molecule has 0 heterocycles. The highest BCUT2D eigenvalue weighted by molar-refractivity contribution is 5.84. The zero-order valence-electron chi connectivity index (χ0n) is 10.4. The Kier molecular flexibility index (Phi) is 5.23. The molecule has 1 unspecified atom stereocenters. The number of amides is 1. The largest absolute Gasteiger partial charge is 0.484 e. The summed E-state index contributed by atoms with van der Waals surface area (Å²) < 4.78 is 35.0. The third-order valence-electron chi connectivity index (χ3n) is 2.14. The number of carbonyl (C=O) groups is 2. The van der Waals surface area contributed by atoms with Crippen LogP contribution >= 0.6 is 0 Å². The van der Waals surface area contributed by atoms with Crippen LogP contribution in [0.5, 0.6) is 5.75 Å². The number of hydrogen-bond acceptors (Lipinski definition) is 4. The fourth-order valence-electron chi connectivity index (χ4n) is 1.28. The van der Waals surface area contributed by atoms with E-state index in [1.54, 1.807) is 0 Å². The van der Waals surface area contributed by atoms with Gasteiger partial charge in [-0.2, -0.15) is 0 Å². The molecule has 1 aromatic rings. The minimum absolute atomic E-state index is 0.113. The molecule has 0 aromatic heterocycles. The van der Waals surface area contributed by atoms with Gasteiger partial charge in [-0.1, -0.05) is 0 Å². The van der Waals surface area contributed by atoms with E-state index in [1.165, 1.54) is 14.0 Å². The lowest BCUT2D eigenvalue weighted by Crippen LogP contribution is -2.41. The summed E-state index contributed by atoms with van der Waals surface area (Å²) in [5.74, 6) is -2.94. The number of nitrogens with one attached hydrogen (secondary N) is 1. The monoisotopic (exact) mass is 273 g/mol. The summed E-state index contributed by atoms with van der Waals surface area (Å²) in [5, 5.41) is 2.30. The average molecular weight is 273 g/mol. The van der Waals surface area contributed by atoms with Crippen LogP contribution in [0, 0.1) is 11.6 Å². The van der Waals surface area contributed by atoms with E-state index in [1.807, 2.05) is 0 Å². The van der Waals surface area contributed by atoms with Gasteiger partial charge < -0.3 is 14.8 Å². The van der Waals surface area contributed by atoms with Gasteiger partial charge in [0.15, 0.2) is 6.61 Å². The van der Waals surface area contributed by atoms with E-state index in [4.69, 9.17) is 4.74 Å². The zero-order valence-corrected chi connectivity index (χ0v) is 10.4. The maximum absolute atomic E-state index is 12.8. The molecule has 7 heteroatoms. The standard InChI is InChI=1S/C12H13F2NO4/c1-7(12(17)18-2)15-11(16)6-19-10-4-8(13)3-9(14)5-10/h3-5,7H,6H2,1-2H3,(H,15,16). The Morgan fingerprint density at radius 1 is 1.26 bits per heavy atom. The molecule has 1 N–H and O–H groups in total. The Labute approximate surface area is 108 Å². The highest BCUT2D eigenvalue weighted by Crippen LogP contribution is 2.14. The summed E-state index contributed by atoms with van der Waals surface area (Å²) >= 11 is 0. The summed E-state index contributed by atoms with van der Waals surface area (Å²) in [5.41, 5.74) is 0. The van der Waals surface area contributed by atoms with Crippen molar-refractivity contribution in [3.63, 3.8) is 0 Å². The summed E-state index contributed by atoms with van der Waals surface area (Å²) in [6.07, 6.45) is 0. The van der Waals surface area contributed by atoms with Crippen molar-refractivity contribution >= 4 is 11.9 Å². The van der Waals surface area contributed by atoms with Crippen LogP contribution in [0.1, 0.15) is 6.92 Å². The Hall–Kier alpha value is -2.18. The second-order valence-corrected chi connectivity index (χ2v) is 3.71. The van der Waals surface area contributed by atoms with Crippen molar-refractivity contribution in [2.45, 2.75) is 13.0 Å². The van der Waals surface area contributed by atoms with Crippen LogP contribution in [-0.4, -0.2) is 31.6 Å². The van der Waals surface area contributed by atoms with Gasteiger partial charge in [-0.05, 0) is 6.92 Å². The van der Waals surface area contributed by atoms with Gasteiger partial charge in [-0.15, -0.1) is 0 Å². The fourth-order valence-corrected chi connectivity index (χ4v) is 1.28. The van der Waals surface area contributed by atoms with Crippen LogP contribution in [0.15, 0.2) is 18.2 Å². The van der Waals surface area contributed by atoms with E-state index in [9.17, 15) is 18.4 Å². The molecule has 0 aliphatic rings. The van der Waals surface area contributed by atoms with Gasteiger partial charge in [0, 0.05) is 18.2 Å². The number of hydrogen-bond donors (Lipinski definition) is 1. The van der Waals surface area contributed by atoms with Crippen molar-refractivity contribution in [3.8, 4) is 5.75 Å². The molecule has 0 aliphatic heterocycles. The quantitative estimate of drug-likeness (QED) is 0.814. The minimum atomic E-state index is -0.828. The van der Waals surface area contributed by atoms with Crippen LogP contribution in [0.3, 0.4) is 0 Å². The van der Waals surface area contributed by atoms with E-state index in [2.05, 4.69) is 10.1 Å². The second kappa shape index (κ2) is 6.67. The maximum Gasteiger partial charge on any atom is 0.328 e. The number of halogens is 2. The zero-order chi connectivity index (χ0) is 14.4. The second-order valence-electron chi connectivity index (χ2n) is 3.71. The number of rotatable bonds is 5. The van der Waals surface area contributed by atoms with Gasteiger partial charge >= 0.3 is 5.97 Å². The van der Waals surface area contributed by atoms with Gasteiger partial charge in [0.25, 0.3) is 5.91 Å². The summed E-state index contributed by atoms with van der Waals surface area (Å²) in [6, 6.07) is 1.75. The summed E-state index contributed by atoms with van der Waals surface area (Å²) in [4.78, 5) is 22.4. The molecule has 0 fully saturated rings. The topological polar surface area (TPSA) is 64.6 Å². The molecule has 104 valence electrons. The first-order valence-electron chi connectivity index (χ1n) is 5.38. The van der Waals surface area contributed by atoms with E-state index in [0.717, 1.165) is 12.1 Å². The first-order valence-corrected chi connectivity index (χ1v) is 5.38.